The summed E-state index contributed by atoms with van der Waals surface area (Å²) in [5.41, 5.74) is 8.72. The van der Waals surface area contributed by atoms with Crippen molar-refractivity contribution in [1.82, 2.24) is 4.98 Å². The van der Waals surface area contributed by atoms with Gasteiger partial charge in [0.1, 0.15) is 0 Å². The van der Waals surface area contributed by atoms with Crippen molar-refractivity contribution in [3.63, 3.8) is 0 Å². The molecule has 0 unspecified atom stereocenters. The lowest BCUT2D eigenvalue weighted by Gasteiger charge is -2.11. The number of hydrogen-bond acceptors (Lipinski definition) is 3. The SMILES string of the molecule is Cc1cnc(Nc2cccc3ccccc23)c(N)c1. The van der Waals surface area contributed by atoms with Crippen molar-refractivity contribution in [2.45, 2.75) is 6.92 Å². The third-order valence-corrected chi connectivity index (χ3v) is 3.10. The maximum atomic E-state index is 5.99. The average molecular weight is 249 g/mol. The first-order chi connectivity index (χ1) is 9.24. The average Bonchev–Trinajstić information content (AvgIpc) is 2.42. The summed E-state index contributed by atoms with van der Waals surface area (Å²) in [6.45, 7) is 1.98. The molecule has 0 aliphatic rings. The number of fused-ring (bicyclic) bond motifs is 1. The molecule has 3 aromatic rings. The second kappa shape index (κ2) is 4.61. The van der Waals surface area contributed by atoms with Crippen LogP contribution in [0, 0.1) is 6.92 Å². The lowest BCUT2D eigenvalue weighted by Crippen LogP contribution is -2.00. The Morgan fingerprint density at radius 2 is 1.84 bits per heavy atom. The van der Waals surface area contributed by atoms with Gasteiger partial charge in [0.15, 0.2) is 5.82 Å². The van der Waals surface area contributed by atoms with E-state index in [4.69, 9.17) is 5.73 Å². The normalized spacial score (nSPS) is 10.6. The quantitative estimate of drug-likeness (QED) is 0.725. The van der Waals surface area contributed by atoms with Crippen molar-refractivity contribution in [2.24, 2.45) is 0 Å². The molecule has 2 aromatic carbocycles. The highest BCUT2D eigenvalue weighted by Crippen LogP contribution is 2.27. The molecule has 0 bridgehead atoms. The van der Waals surface area contributed by atoms with Gasteiger partial charge in [-0.05, 0) is 30.0 Å². The summed E-state index contributed by atoms with van der Waals surface area (Å²) in [6, 6.07) is 16.3. The molecule has 19 heavy (non-hydrogen) atoms. The van der Waals surface area contributed by atoms with Gasteiger partial charge < -0.3 is 11.1 Å². The van der Waals surface area contributed by atoms with Crippen LogP contribution >= 0.6 is 0 Å². The molecule has 3 heteroatoms. The number of nitrogens with two attached hydrogens (primary N) is 1. The maximum Gasteiger partial charge on any atom is 0.153 e. The molecule has 3 nitrogen and oxygen atoms in total. The van der Waals surface area contributed by atoms with Crippen molar-refractivity contribution in [3.05, 3.63) is 60.3 Å². The smallest absolute Gasteiger partial charge is 0.153 e. The predicted molar refractivity (Wildman–Crippen MR) is 80.6 cm³/mol. The Hall–Kier alpha value is -2.55. The van der Waals surface area contributed by atoms with Gasteiger partial charge in [0.25, 0.3) is 0 Å². The first kappa shape index (κ1) is 11.5. The topological polar surface area (TPSA) is 50.9 Å². The van der Waals surface area contributed by atoms with Crippen LogP contribution in [0.2, 0.25) is 0 Å². The second-order valence-corrected chi connectivity index (χ2v) is 4.60. The molecular weight excluding hydrogens is 234 g/mol. The molecule has 1 heterocycles. The van der Waals surface area contributed by atoms with Gasteiger partial charge in [-0.25, -0.2) is 4.98 Å². The molecule has 0 amide bonds. The Kier molecular flexibility index (Phi) is 2.80. The number of nitrogens with zero attached hydrogens (tertiary/aromatic N) is 1. The monoisotopic (exact) mass is 249 g/mol. The number of nitrogens with one attached hydrogen (secondary N) is 1. The Labute approximate surface area is 112 Å². The number of aromatic nitrogens is 1. The maximum absolute atomic E-state index is 5.99. The van der Waals surface area contributed by atoms with Crippen LogP contribution in [0.25, 0.3) is 10.8 Å². The van der Waals surface area contributed by atoms with E-state index in [-0.39, 0.29) is 0 Å². The highest BCUT2D eigenvalue weighted by Gasteiger charge is 2.04. The fourth-order valence-corrected chi connectivity index (χ4v) is 2.16. The molecule has 0 saturated carbocycles. The van der Waals surface area contributed by atoms with E-state index >= 15 is 0 Å². The number of aryl methyl sites for hydroxylation is 1. The van der Waals surface area contributed by atoms with Gasteiger partial charge in [0.05, 0.1) is 5.69 Å². The zero-order valence-electron chi connectivity index (χ0n) is 10.7. The van der Waals surface area contributed by atoms with Crippen molar-refractivity contribution in [2.75, 3.05) is 11.1 Å². The fourth-order valence-electron chi connectivity index (χ4n) is 2.16. The summed E-state index contributed by atoms with van der Waals surface area (Å²) >= 11 is 0. The number of hydrogen-bond donors (Lipinski definition) is 2. The van der Waals surface area contributed by atoms with Gasteiger partial charge in [-0.3, -0.25) is 0 Å². The van der Waals surface area contributed by atoms with E-state index in [9.17, 15) is 0 Å². The summed E-state index contributed by atoms with van der Waals surface area (Å²) in [4.78, 5) is 4.34. The van der Waals surface area contributed by atoms with Crippen LogP contribution in [0.5, 0.6) is 0 Å². The molecule has 94 valence electrons. The minimum Gasteiger partial charge on any atom is -0.396 e. The van der Waals surface area contributed by atoms with E-state index in [0.29, 0.717) is 11.5 Å². The molecule has 0 aliphatic carbocycles. The molecule has 0 aliphatic heterocycles. The fraction of sp³-hybridized carbons (Fsp3) is 0.0625. The second-order valence-electron chi connectivity index (χ2n) is 4.60. The molecule has 0 radical (unpaired) electrons. The zero-order chi connectivity index (χ0) is 13.2. The van der Waals surface area contributed by atoms with Crippen LogP contribution in [0.4, 0.5) is 17.2 Å². The molecule has 0 fully saturated rings. The summed E-state index contributed by atoms with van der Waals surface area (Å²) < 4.78 is 0. The number of pyridine rings is 1. The van der Waals surface area contributed by atoms with E-state index in [0.717, 1.165) is 16.6 Å². The highest BCUT2D eigenvalue weighted by molar-refractivity contribution is 5.95. The van der Waals surface area contributed by atoms with Crippen LogP contribution in [0.1, 0.15) is 5.56 Å². The van der Waals surface area contributed by atoms with E-state index in [1.165, 1.54) is 5.39 Å². The van der Waals surface area contributed by atoms with E-state index in [1.54, 1.807) is 0 Å². The molecule has 0 spiro atoms. The standard InChI is InChI=1S/C16H15N3/c1-11-9-14(17)16(18-10-11)19-15-8-4-6-12-5-2-3-7-13(12)15/h2-10H,17H2,1H3,(H,18,19). The number of benzene rings is 2. The number of anilines is 3. The Morgan fingerprint density at radius 1 is 1.05 bits per heavy atom. The highest BCUT2D eigenvalue weighted by atomic mass is 15.0. The minimum absolute atomic E-state index is 0.660. The third kappa shape index (κ3) is 2.22. The Balaban J connectivity index is 2.06. The minimum atomic E-state index is 0.660. The van der Waals surface area contributed by atoms with Crippen molar-refractivity contribution in [3.8, 4) is 0 Å². The zero-order valence-corrected chi connectivity index (χ0v) is 10.7. The van der Waals surface area contributed by atoms with Crippen LogP contribution < -0.4 is 11.1 Å². The lowest BCUT2D eigenvalue weighted by atomic mass is 10.1. The summed E-state index contributed by atoms with van der Waals surface area (Å²) in [5.74, 6) is 0.696. The van der Waals surface area contributed by atoms with Gasteiger partial charge in [-0.1, -0.05) is 36.4 Å². The van der Waals surface area contributed by atoms with E-state index in [2.05, 4.69) is 28.5 Å². The van der Waals surface area contributed by atoms with Crippen molar-refractivity contribution < 1.29 is 0 Å². The third-order valence-electron chi connectivity index (χ3n) is 3.10. The first-order valence-electron chi connectivity index (χ1n) is 6.21. The Morgan fingerprint density at radius 3 is 2.68 bits per heavy atom. The van der Waals surface area contributed by atoms with Gasteiger partial charge >= 0.3 is 0 Å². The molecule has 0 saturated heterocycles. The summed E-state index contributed by atoms with van der Waals surface area (Å²) in [7, 11) is 0. The number of nitrogen functional groups attached to an aromatic ring is 1. The van der Waals surface area contributed by atoms with Gasteiger partial charge in [-0.15, -0.1) is 0 Å². The van der Waals surface area contributed by atoms with Crippen molar-refractivity contribution >= 4 is 28.0 Å². The van der Waals surface area contributed by atoms with E-state index in [1.807, 2.05) is 43.5 Å². The molecule has 0 atom stereocenters. The summed E-state index contributed by atoms with van der Waals surface area (Å²) in [5, 5.41) is 5.66. The van der Waals surface area contributed by atoms with Crippen LogP contribution in [0.3, 0.4) is 0 Å². The van der Waals surface area contributed by atoms with Gasteiger partial charge in [0, 0.05) is 17.3 Å². The molecule has 3 rings (SSSR count). The predicted octanol–water partition coefficient (Wildman–Crippen LogP) is 3.87. The molecular formula is C16H15N3. The van der Waals surface area contributed by atoms with Crippen molar-refractivity contribution in [1.29, 1.82) is 0 Å². The van der Waals surface area contributed by atoms with Gasteiger partial charge in [0.2, 0.25) is 0 Å². The molecule has 3 N–H and O–H groups in total. The first-order valence-corrected chi connectivity index (χ1v) is 6.21. The van der Waals surface area contributed by atoms with Crippen LogP contribution in [0.15, 0.2) is 54.7 Å². The largest absolute Gasteiger partial charge is 0.396 e. The van der Waals surface area contributed by atoms with E-state index < -0.39 is 0 Å². The summed E-state index contributed by atoms with van der Waals surface area (Å²) in [6.07, 6.45) is 1.81. The Bertz CT molecular complexity index is 730. The van der Waals surface area contributed by atoms with Crippen LogP contribution in [-0.2, 0) is 0 Å². The van der Waals surface area contributed by atoms with Gasteiger partial charge in [-0.2, -0.15) is 0 Å². The lowest BCUT2D eigenvalue weighted by molar-refractivity contribution is 1.26. The number of rotatable bonds is 2. The molecule has 1 aromatic heterocycles. The van der Waals surface area contributed by atoms with Crippen LogP contribution in [-0.4, -0.2) is 4.98 Å².